The Hall–Kier alpha value is -1.41. The Morgan fingerprint density at radius 2 is 2.09 bits per heavy atom. The van der Waals surface area contributed by atoms with E-state index in [-0.39, 0.29) is 35.7 Å². The largest absolute Gasteiger partial charge is 0.279 e. The fraction of sp³-hybridized carbons (Fsp3) is 0.600. The normalized spacial score (nSPS) is 19.5. The molecular formula is C15H22N2O4S2. The predicted octanol–water partition coefficient (Wildman–Crippen LogP) is 1.59. The Labute approximate surface area is 140 Å². The van der Waals surface area contributed by atoms with Crippen molar-refractivity contribution in [3.8, 4) is 0 Å². The van der Waals surface area contributed by atoms with Gasteiger partial charge >= 0.3 is 0 Å². The van der Waals surface area contributed by atoms with Crippen molar-refractivity contribution in [3.63, 3.8) is 0 Å². The molecule has 1 atom stereocenters. The lowest BCUT2D eigenvalue weighted by molar-refractivity contribution is -0.122. The van der Waals surface area contributed by atoms with Crippen molar-refractivity contribution >= 4 is 33.0 Å². The standard InChI is InChI=1S/C15H22N2O4S2/c1-3-4-12-8-13(22-10(12)2)15(19)17-16-14(18)7-11-5-6-23(20,21)9-11/h8,11H,3-7,9H2,1-2H3,(H,16,18)(H,17,19). The molecule has 23 heavy (non-hydrogen) atoms. The second-order valence-corrected chi connectivity index (χ2v) is 9.40. The third-order valence-corrected chi connectivity index (χ3v) is 6.81. The molecule has 1 aliphatic heterocycles. The van der Waals surface area contributed by atoms with Crippen molar-refractivity contribution in [2.45, 2.75) is 39.5 Å². The Bertz CT molecular complexity index is 694. The number of sulfone groups is 1. The molecule has 6 nitrogen and oxygen atoms in total. The lowest BCUT2D eigenvalue weighted by atomic mass is 10.1. The molecule has 0 radical (unpaired) electrons. The summed E-state index contributed by atoms with van der Waals surface area (Å²) in [5.74, 6) is -0.655. The number of rotatable bonds is 5. The van der Waals surface area contributed by atoms with Gasteiger partial charge in [-0.15, -0.1) is 11.3 Å². The van der Waals surface area contributed by atoms with Crippen molar-refractivity contribution in [2.24, 2.45) is 5.92 Å². The molecule has 0 spiro atoms. The summed E-state index contributed by atoms with van der Waals surface area (Å²) in [5.41, 5.74) is 5.93. The van der Waals surface area contributed by atoms with Crippen LogP contribution in [0.15, 0.2) is 6.07 Å². The van der Waals surface area contributed by atoms with Gasteiger partial charge in [0, 0.05) is 11.3 Å². The molecule has 1 aliphatic rings. The van der Waals surface area contributed by atoms with Crippen LogP contribution in [0.1, 0.15) is 46.3 Å². The first kappa shape index (κ1) is 17.9. The van der Waals surface area contributed by atoms with Crippen molar-refractivity contribution in [1.29, 1.82) is 0 Å². The number of thiophene rings is 1. The fourth-order valence-corrected chi connectivity index (χ4v) is 5.51. The van der Waals surface area contributed by atoms with Crippen molar-refractivity contribution in [2.75, 3.05) is 11.5 Å². The minimum absolute atomic E-state index is 0.0544. The highest BCUT2D eigenvalue weighted by Gasteiger charge is 2.29. The second-order valence-electron chi connectivity index (χ2n) is 5.92. The zero-order valence-electron chi connectivity index (χ0n) is 13.3. The van der Waals surface area contributed by atoms with Gasteiger partial charge in [-0.2, -0.15) is 0 Å². The van der Waals surface area contributed by atoms with E-state index in [1.54, 1.807) is 0 Å². The van der Waals surface area contributed by atoms with Crippen LogP contribution in [0.25, 0.3) is 0 Å². The van der Waals surface area contributed by atoms with E-state index >= 15 is 0 Å². The lowest BCUT2D eigenvalue weighted by Gasteiger charge is -2.09. The molecule has 0 aliphatic carbocycles. The topological polar surface area (TPSA) is 92.3 Å². The third kappa shape index (κ3) is 5.04. The maximum atomic E-state index is 12.0. The van der Waals surface area contributed by atoms with E-state index in [9.17, 15) is 18.0 Å². The molecule has 128 valence electrons. The van der Waals surface area contributed by atoms with E-state index in [1.165, 1.54) is 11.3 Å². The number of aryl methyl sites for hydroxylation is 2. The maximum absolute atomic E-state index is 12.0. The minimum Gasteiger partial charge on any atom is -0.273 e. The monoisotopic (exact) mass is 358 g/mol. The van der Waals surface area contributed by atoms with Gasteiger partial charge in [0.15, 0.2) is 9.84 Å². The summed E-state index contributed by atoms with van der Waals surface area (Å²) < 4.78 is 22.7. The number of nitrogens with one attached hydrogen (secondary N) is 2. The summed E-state index contributed by atoms with van der Waals surface area (Å²) >= 11 is 1.40. The number of hydrazine groups is 1. The van der Waals surface area contributed by atoms with Crippen LogP contribution >= 0.6 is 11.3 Å². The molecule has 1 fully saturated rings. The van der Waals surface area contributed by atoms with Crippen LogP contribution in [0.3, 0.4) is 0 Å². The average molecular weight is 358 g/mol. The number of carbonyl (C=O) groups excluding carboxylic acids is 2. The summed E-state index contributed by atoms with van der Waals surface area (Å²) in [6, 6.07) is 1.86. The van der Waals surface area contributed by atoms with Crippen LogP contribution in [-0.2, 0) is 21.1 Å². The van der Waals surface area contributed by atoms with Gasteiger partial charge in [-0.05, 0) is 37.3 Å². The van der Waals surface area contributed by atoms with Crippen LogP contribution in [0, 0.1) is 12.8 Å². The number of hydrogen-bond donors (Lipinski definition) is 2. The summed E-state index contributed by atoms with van der Waals surface area (Å²) in [7, 11) is -2.99. The van der Waals surface area contributed by atoms with Gasteiger partial charge in [0.25, 0.3) is 5.91 Å². The first-order chi connectivity index (χ1) is 10.8. The predicted molar refractivity (Wildman–Crippen MR) is 90.0 cm³/mol. The maximum Gasteiger partial charge on any atom is 0.279 e. The van der Waals surface area contributed by atoms with Gasteiger partial charge in [-0.25, -0.2) is 8.42 Å². The van der Waals surface area contributed by atoms with Crippen molar-refractivity contribution in [1.82, 2.24) is 10.9 Å². The molecule has 0 aromatic carbocycles. The van der Waals surface area contributed by atoms with Gasteiger partial charge in [-0.3, -0.25) is 20.4 Å². The van der Waals surface area contributed by atoms with Gasteiger partial charge < -0.3 is 0 Å². The van der Waals surface area contributed by atoms with E-state index in [1.807, 2.05) is 13.0 Å². The molecule has 2 rings (SSSR count). The minimum atomic E-state index is -2.99. The highest BCUT2D eigenvalue weighted by atomic mass is 32.2. The van der Waals surface area contributed by atoms with E-state index < -0.39 is 9.84 Å². The van der Waals surface area contributed by atoms with Crippen LogP contribution in [0.4, 0.5) is 0 Å². The smallest absolute Gasteiger partial charge is 0.273 e. The molecule has 2 heterocycles. The van der Waals surface area contributed by atoms with Crippen molar-refractivity contribution < 1.29 is 18.0 Å². The molecule has 0 bridgehead atoms. The van der Waals surface area contributed by atoms with Crippen LogP contribution in [0.2, 0.25) is 0 Å². The Kier molecular flexibility index (Phi) is 5.80. The van der Waals surface area contributed by atoms with E-state index in [2.05, 4.69) is 17.8 Å². The fourth-order valence-electron chi connectivity index (χ4n) is 2.68. The Balaban J connectivity index is 1.82. The third-order valence-electron chi connectivity index (χ3n) is 3.88. The van der Waals surface area contributed by atoms with E-state index in [0.717, 1.165) is 23.3 Å². The van der Waals surface area contributed by atoms with Gasteiger partial charge in [-0.1, -0.05) is 13.3 Å². The average Bonchev–Trinajstić information content (AvgIpc) is 3.00. The quantitative estimate of drug-likeness (QED) is 0.782. The second kappa shape index (κ2) is 7.44. The van der Waals surface area contributed by atoms with E-state index in [4.69, 9.17) is 0 Å². The van der Waals surface area contributed by atoms with Crippen LogP contribution in [-0.4, -0.2) is 31.7 Å². The Morgan fingerprint density at radius 1 is 1.35 bits per heavy atom. The molecular weight excluding hydrogens is 336 g/mol. The first-order valence-electron chi connectivity index (χ1n) is 7.69. The van der Waals surface area contributed by atoms with Gasteiger partial charge in [0.2, 0.25) is 5.91 Å². The molecule has 0 saturated carbocycles. The number of carbonyl (C=O) groups is 2. The summed E-state index contributed by atoms with van der Waals surface area (Å²) in [5, 5.41) is 0. The number of amides is 2. The number of hydrogen-bond acceptors (Lipinski definition) is 5. The molecule has 1 unspecified atom stereocenters. The van der Waals surface area contributed by atoms with Crippen molar-refractivity contribution in [3.05, 3.63) is 21.4 Å². The van der Waals surface area contributed by atoms with Crippen LogP contribution in [0.5, 0.6) is 0 Å². The first-order valence-corrected chi connectivity index (χ1v) is 10.3. The van der Waals surface area contributed by atoms with Gasteiger partial charge in [0.05, 0.1) is 16.4 Å². The molecule has 1 saturated heterocycles. The summed E-state index contributed by atoms with van der Waals surface area (Å²) in [6.07, 6.45) is 2.57. The summed E-state index contributed by atoms with van der Waals surface area (Å²) in [6.45, 7) is 4.06. The molecule has 2 N–H and O–H groups in total. The summed E-state index contributed by atoms with van der Waals surface area (Å²) in [4.78, 5) is 25.5. The van der Waals surface area contributed by atoms with Gasteiger partial charge in [0.1, 0.15) is 0 Å². The molecule has 1 aromatic rings. The SMILES string of the molecule is CCCc1cc(C(=O)NNC(=O)CC2CCS(=O)(=O)C2)sc1C. The van der Waals surface area contributed by atoms with E-state index in [0.29, 0.717) is 11.3 Å². The lowest BCUT2D eigenvalue weighted by Crippen LogP contribution is -2.42. The molecule has 8 heteroatoms. The molecule has 1 aromatic heterocycles. The highest BCUT2D eigenvalue weighted by Crippen LogP contribution is 2.23. The highest BCUT2D eigenvalue weighted by molar-refractivity contribution is 7.91. The Morgan fingerprint density at radius 3 is 2.70 bits per heavy atom. The zero-order valence-corrected chi connectivity index (χ0v) is 15.0. The van der Waals surface area contributed by atoms with Crippen LogP contribution < -0.4 is 10.9 Å². The molecule has 2 amide bonds. The zero-order chi connectivity index (χ0) is 17.0.